The first-order valence-electron chi connectivity index (χ1n) is 10.7. The number of rotatable bonds is 5. The van der Waals surface area contributed by atoms with Gasteiger partial charge in [0.2, 0.25) is 0 Å². The number of aliphatic imine (C=N–C) groups is 1. The van der Waals surface area contributed by atoms with Crippen molar-refractivity contribution in [1.29, 1.82) is 0 Å². The molecule has 0 saturated carbocycles. The lowest BCUT2D eigenvalue weighted by Crippen LogP contribution is -2.62. The first kappa shape index (κ1) is 22.6. The number of hydrogen-bond acceptors (Lipinski definition) is 4. The van der Waals surface area contributed by atoms with Crippen LogP contribution in [0.5, 0.6) is 0 Å². The third-order valence-electron chi connectivity index (χ3n) is 6.21. The molecule has 0 spiro atoms. The van der Waals surface area contributed by atoms with Crippen LogP contribution in [0.15, 0.2) is 29.3 Å². The van der Waals surface area contributed by atoms with Crippen molar-refractivity contribution in [3.05, 3.63) is 30.1 Å². The van der Waals surface area contributed by atoms with Gasteiger partial charge in [-0.1, -0.05) is 6.07 Å². The fraction of sp³-hybridized carbons (Fsp3) is 0.667. The van der Waals surface area contributed by atoms with Crippen LogP contribution in [-0.4, -0.2) is 86.7 Å². The monoisotopic (exact) mass is 516 g/mol. The second kappa shape index (κ2) is 10.8. The number of guanidine groups is 1. The van der Waals surface area contributed by atoms with E-state index in [4.69, 9.17) is 4.99 Å². The largest absolute Gasteiger partial charge is 0.371 e. The van der Waals surface area contributed by atoms with Gasteiger partial charge in [-0.15, -0.1) is 24.0 Å². The van der Waals surface area contributed by atoms with Crippen LogP contribution < -0.4 is 15.5 Å². The Kier molecular flexibility index (Phi) is 8.37. The second-order valence-corrected chi connectivity index (χ2v) is 8.10. The van der Waals surface area contributed by atoms with Crippen molar-refractivity contribution in [3.8, 4) is 0 Å². The van der Waals surface area contributed by atoms with Crippen molar-refractivity contribution in [2.75, 3.05) is 63.8 Å². The predicted molar refractivity (Wildman–Crippen MR) is 128 cm³/mol. The van der Waals surface area contributed by atoms with Crippen molar-refractivity contribution < 1.29 is 4.39 Å². The number of nitrogens with one attached hydrogen (secondary N) is 2. The highest BCUT2D eigenvalue weighted by molar-refractivity contribution is 14.0. The maximum Gasteiger partial charge on any atom is 0.191 e. The van der Waals surface area contributed by atoms with Crippen LogP contribution in [0.25, 0.3) is 0 Å². The molecule has 0 amide bonds. The summed E-state index contributed by atoms with van der Waals surface area (Å²) in [5.74, 6) is 0.771. The summed E-state index contributed by atoms with van der Waals surface area (Å²) in [4.78, 5) is 12.3. The van der Waals surface area contributed by atoms with Gasteiger partial charge in [0.25, 0.3) is 0 Å². The fourth-order valence-electron chi connectivity index (χ4n) is 4.56. The fourth-order valence-corrected chi connectivity index (χ4v) is 4.56. The van der Waals surface area contributed by atoms with Crippen molar-refractivity contribution in [1.82, 2.24) is 20.4 Å². The molecule has 6 nitrogen and oxygen atoms in total. The third kappa shape index (κ3) is 5.95. The Morgan fingerprint density at radius 3 is 2.52 bits per heavy atom. The Labute approximate surface area is 190 Å². The maximum atomic E-state index is 13.5. The van der Waals surface area contributed by atoms with E-state index in [9.17, 15) is 4.39 Å². The molecule has 1 aromatic rings. The minimum absolute atomic E-state index is 0. The number of fused-ring (bicyclic) bond motifs is 3. The topological polar surface area (TPSA) is 46.1 Å². The Balaban J connectivity index is 0.00000240. The van der Waals surface area contributed by atoms with Gasteiger partial charge in [0, 0.05) is 70.1 Å². The number of piperazine rings is 3. The maximum absolute atomic E-state index is 13.5. The zero-order valence-electron chi connectivity index (χ0n) is 17.3. The first-order chi connectivity index (χ1) is 13.7. The quantitative estimate of drug-likeness (QED) is 0.356. The highest BCUT2D eigenvalue weighted by atomic mass is 127. The van der Waals surface area contributed by atoms with Crippen molar-refractivity contribution in [2.24, 2.45) is 4.99 Å². The molecule has 4 aliphatic heterocycles. The summed E-state index contributed by atoms with van der Waals surface area (Å²) in [6.45, 7) is 11.6. The summed E-state index contributed by atoms with van der Waals surface area (Å²) >= 11 is 0. The lowest BCUT2D eigenvalue weighted by molar-refractivity contribution is 0.0174. The number of benzene rings is 1. The summed E-state index contributed by atoms with van der Waals surface area (Å²) in [5, 5.41) is 7.04. The summed E-state index contributed by atoms with van der Waals surface area (Å²) in [6, 6.07) is 7.87. The van der Waals surface area contributed by atoms with Gasteiger partial charge in [0.1, 0.15) is 5.82 Å². The summed E-state index contributed by atoms with van der Waals surface area (Å²) in [6.07, 6.45) is 2.06. The molecule has 1 unspecified atom stereocenters. The van der Waals surface area contributed by atoms with Crippen molar-refractivity contribution in [3.63, 3.8) is 0 Å². The van der Waals surface area contributed by atoms with E-state index in [1.807, 2.05) is 6.07 Å². The first-order valence-corrected chi connectivity index (χ1v) is 10.7. The molecular weight excluding hydrogens is 482 g/mol. The van der Waals surface area contributed by atoms with Gasteiger partial charge in [-0.25, -0.2) is 4.39 Å². The minimum atomic E-state index is -0.164. The number of halogens is 2. The molecule has 5 rings (SSSR count). The molecule has 2 bridgehead atoms. The molecule has 29 heavy (non-hydrogen) atoms. The van der Waals surface area contributed by atoms with E-state index in [0.29, 0.717) is 12.1 Å². The Bertz CT molecular complexity index is 671. The Morgan fingerprint density at radius 2 is 1.90 bits per heavy atom. The third-order valence-corrected chi connectivity index (χ3v) is 6.21. The van der Waals surface area contributed by atoms with E-state index >= 15 is 0 Å². The van der Waals surface area contributed by atoms with Gasteiger partial charge in [-0.3, -0.25) is 14.8 Å². The Hall–Kier alpha value is -1.13. The van der Waals surface area contributed by atoms with Crippen LogP contribution in [0.1, 0.15) is 19.8 Å². The van der Waals surface area contributed by atoms with Gasteiger partial charge in [0.05, 0.1) is 6.54 Å². The number of nitrogens with zero attached hydrogens (tertiary/aromatic N) is 4. The normalized spacial score (nSPS) is 27.4. The molecule has 8 heteroatoms. The van der Waals surface area contributed by atoms with Gasteiger partial charge in [0.15, 0.2) is 5.96 Å². The molecule has 4 aliphatic rings. The Morgan fingerprint density at radius 1 is 1.14 bits per heavy atom. The zero-order chi connectivity index (χ0) is 19.3. The van der Waals surface area contributed by atoms with Gasteiger partial charge in [-0.05, 0) is 38.0 Å². The molecule has 4 heterocycles. The molecule has 4 saturated heterocycles. The second-order valence-electron chi connectivity index (χ2n) is 8.10. The minimum Gasteiger partial charge on any atom is -0.371 e. The van der Waals surface area contributed by atoms with E-state index in [0.717, 1.165) is 57.2 Å². The molecule has 1 atom stereocenters. The highest BCUT2D eigenvalue weighted by Crippen LogP contribution is 2.21. The van der Waals surface area contributed by atoms with Crippen LogP contribution in [0.4, 0.5) is 10.1 Å². The lowest BCUT2D eigenvalue weighted by Gasteiger charge is -2.47. The average molecular weight is 516 g/mol. The van der Waals surface area contributed by atoms with Crippen LogP contribution in [0.2, 0.25) is 0 Å². The van der Waals surface area contributed by atoms with E-state index < -0.39 is 0 Å². The van der Waals surface area contributed by atoms with Crippen LogP contribution in [0, 0.1) is 5.82 Å². The van der Waals surface area contributed by atoms with Gasteiger partial charge in [-0.2, -0.15) is 0 Å². The van der Waals surface area contributed by atoms with Gasteiger partial charge >= 0.3 is 0 Å². The molecule has 0 aromatic heterocycles. The van der Waals surface area contributed by atoms with Gasteiger partial charge < -0.3 is 15.5 Å². The lowest BCUT2D eigenvalue weighted by atomic mass is 10.0. The standard InChI is InChI=1S/C21H33FN6.HI/c1-2-23-21(24-15-20-16-26-10-12-28(20)13-11-26)25-18-6-8-27(9-7-18)19-5-3-4-17(22)14-19;/h3-5,14,18,20H,2,6-13,15-16H2,1H3,(H2,23,24,25);1H. The van der Waals surface area contributed by atoms with Crippen molar-refractivity contribution in [2.45, 2.75) is 31.8 Å². The summed E-state index contributed by atoms with van der Waals surface area (Å²) in [7, 11) is 0. The van der Waals surface area contributed by atoms with Crippen molar-refractivity contribution >= 4 is 35.6 Å². The van der Waals surface area contributed by atoms with Crippen LogP contribution in [-0.2, 0) is 0 Å². The highest BCUT2D eigenvalue weighted by Gasteiger charge is 2.31. The number of anilines is 1. The molecule has 162 valence electrons. The molecule has 1 aromatic carbocycles. The van der Waals surface area contributed by atoms with Crippen LogP contribution in [0.3, 0.4) is 0 Å². The molecule has 2 N–H and O–H groups in total. The van der Waals surface area contributed by atoms with E-state index in [1.165, 1.54) is 32.2 Å². The molecule has 4 fully saturated rings. The van der Waals surface area contributed by atoms with E-state index in [1.54, 1.807) is 12.1 Å². The van der Waals surface area contributed by atoms with E-state index in [2.05, 4.69) is 32.3 Å². The predicted octanol–water partition coefficient (Wildman–Crippen LogP) is 1.97. The zero-order valence-corrected chi connectivity index (χ0v) is 19.6. The van der Waals surface area contributed by atoms with Crippen LogP contribution >= 0.6 is 24.0 Å². The van der Waals surface area contributed by atoms with E-state index in [-0.39, 0.29) is 29.8 Å². The molecule has 0 aliphatic carbocycles. The smallest absolute Gasteiger partial charge is 0.191 e. The average Bonchev–Trinajstić information content (AvgIpc) is 2.74. The number of hydrogen-bond donors (Lipinski definition) is 2. The molecule has 0 radical (unpaired) electrons. The molecular formula is C21H34FIN6. The summed E-state index contributed by atoms with van der Waals surface area (Å²) < 4.78 is 13.5. The SMILES string of the molecule is CCNC(=NCC1CN2CCN1CC2)NC1CCN(c2cccc(F)c2)CC1.I. The summed E-state index contributed by atoms with van der Waals surface area (Å²) in [5.41, 5.74) is 0.982. The number of piperidine rings is 1.